The molecule has 6 heteroatoms. The summed E-state index contributed by atoms with van der Waals surface area (Å²) < 4.78 is 19.1. The van der Waals surface area contributed by atoms with Crippen molar-refractivity contribution >= 4 is 29.2 Å². The van der Waals surface area contributed by atoms with Crippen molar-refractivity contribution in [1.29, 1.82) is 5.41 Å². The van der Waals surface area contributed by atoms with E-state index >= 15 is 0 Å². The minimum atomic E-state index is -0.558. The van der Waals surface area contributed by atoms with Crippen molar-refractivity contribution in [3.8, 4) is 11.5 Å². The van der Waals surface area contributed by atoms with Gasteiger partial charge in [-0.2, -0.15) is 0 Å². The standard InChI is InChI=1S/C15H14ClFN2OS/c1-2-21-13-5-3-4-12(14(13)15(18)19)20-9-6-7-10(16)11(17)8-9/h3-8H,2H2,1H3,(H3,18,19). The van der Waals surface area contributed by atoms with Gasteiger partial charge in [0.1, 0.15) is 23.2 Å². The van der Waals surface area contributed by atoms with Crippen LogP contribution in [0.15, 0.2) is 41.3 Å². The molecule has 0 atom stereocenters. The maximum atomic E-state index is 13.5. The van der Waals surface area contributed by atoms with Gasteiger partial charge in [-0.15, -0.1) is 11.8 Å². The van der Waals surface area contributed by atoms with Gasteiger partial charge in [0.2, 0.25) is 0 Å². The molecule has 2 aromatic carbocycles. The summed E-state index contributed by atoms with van der Waals surface area (Å²) in [4.78, 5) is 0.858. The third-order valence-corrected chi connectivity index (χ3v) is 3.92. The summed E-state index contributed by atoms with van der Waals surface area (Å²) in [6, 6.07) is 9.57. The summed E-state index contributed by atoms with van der Waals surface area (Å²) in [6.07, 6.45) is 0. The molecule has 0 unspecified atom stereocenters. The number of amidine groups is 1. The van der Waals surface area contributed by atoms with E-state index in [9.17, 15) is 4.39 Å². The van der Waals surface area contributed by atoms with Crippen LogP contribution in [0, 0.1) is 11.2 Å². The van der Waals surface area contributed by atoms with Crippen LogP contribution in [0.25, 0.3) is 0 Å². The Labute approximate surface area is 131 Å². The second-order valence-electron chi connectivity index (χ2n) is 4.15. The quantitative estimate of drug-likeness (QED) is 0.477. The van der Waals surface area contributed by atoms with Gasteiger partial charge in [-0.05, 0) is 30.0 Å². The highest BCUT2D eigenvalue weighted by atomic mass is 35.5. The van der Waals surface area contributed by atoms with Crippen LogP contribution in [0.3, 0.4) is 0 Å². The Morgan fingerprint density at radius 1 is 1.38 bits per heavy atom. The van der Waals surface area contributed by atoms with Gasteiger partial charge in [0.05, 0.1) is 10.6 Å². The van der Waals surface area contributed by atoms with Crippen LogP contribution >= 0.6 is 23.4 Å². The fourth-order valence-electron chi connectivity index (χ4n) is 1.80. The monoisotopic (exact) mass is 324 g/mol. The molecule has 0 radical (unpaired) electrons. The molecule has 0 aliphatic carbocycles. The van der Waals surface area contributed by atoms with Crippen LogP contribution in [0.1, 0.15) is 12.5 Å². The number of rotatable bonds is 5. The summed E-state index contributed by atoms with van der Waals surface area (Å²) in [5.41, 5.74) is 6.16. The molecule has 0 spiro atoms. The van der Waals surface area contributed by atoms with E-state index in [1.807, 2.05) is 19.1 Å². The minimum Gasteiger partial charge on any atom is -0.456 e. The van der Waals surface area contributed by atoms with Gasteiger partial charge < -0.3 is 10.5 Å². The number of nitrogens with two attached hydrogens (primary N) is 1. The number of halogens is 2. The molecule has 0 amide bonds. The summed E-state index contributed by atoms with van der Waals surface area (Å²) in [5, 5.41) is 7.76. The number of hydrogen-bond donors (Lipinski definition) is 2. The van der Waals surface area contributed by atoms with Crippen molar-refractivity contribution in [1.82, 2.24) is 0 Å². The lowest BCUT2D eigenvalue weighted by atomic mass is 10.2. The van der Waals surface area contributed by atoms with E-state index in [-0.39, 0.29) is 10.9 Å². The molecular weight excluding hydrogens is 311 g/mol. The summed E-state index contributed by atoms with van der Waals surface area (Å²) in [7, 11) is 0. The number of benzene rings is 2. The molecule has 0 heterocycles. The predicted molar refractivity (Wildman–Crippen MR) is 85.3 cm³/mol. The second-order valence-corrected chi connectivity index (χ2v) is 5.87. The van der Waals surface area contributed by atoms with Gasteiger partial charge >= 0.3 is 0 Å². The van der Waals surface area contributed by atoms with E-state index in [0.29, 0.717) is 17.1 Å². The average molecular weight is 325 g/mol. The Hall–Kier alpha value is -1.72. The molecule has 0 saturated heterocycles. The lowest BCUT2D eigenvalue weighted by molar-refractivity contribution is 0.474. The molecular formula is C15H14ClFN2OS. The second kappa shape index (κ2) is 6.83. The summed E-state index contributed by atoms with van der Waals surface area (Å²) in [6.45, 7) is 2.01. The van der Waals surface area contributed by atoms with Gasteiger partial charge in [-0.25, -0.2) is 4.39 Å². The first-order valence-electron chi connectivity index (χ1n) is 6.26. The molecule has 0 aliphatic heterocycles. The van der Waals surface area contributed by atoms with Gasteiger partial charge in [0.25, 0.3) is 0 Å². The Morgan fingerprint density at radius 2 is 2.14 bits per heavy atom. The molecule has 0 aliphatic rings. The number of nitrogens with one attached hydrogen (secondary N) is 1. The normalized spacial score (nSPS) is 10.4. The average Bonchev–Trinajstić information content (AvgIpc) is 2.43. The number of ether oxygens (including phenoxy) is 1. The van der Waals surface area contributed by atoms with Gasteiger partial charge in [0.15, 0.2) is 0 Å². The molecule has 3 nitrogen and oxygen atoms in total. The first kappa shape index (κ1) is 15.7. The lowest BCUT2D eigenvalue weighted by Gasteiger charge is -2.14. The van der Waals surface area contributed by atoms with Crippen LogP contribution < -0.4 is 10.5 Å². The zero-order valence-electron chi connectivity index (χ0n) is 11.3. The largest absolute Gasteiger partial charge is 0.456 e. The van der Waals surface area contributed by atoms with Crippen LogP contribution in [0.2, 0.25) is 5.02 Å². The van der Waals surface area contributed by atoms with E-state index < -0.39 is 5.82 Å². The molecule has 0 bridgehead atoms. The Morgan fingerprint density at radius 3 is 2.76 bits per heavy atom. The molecule has 0 aromatic heterocycles. The Bertz CT molecular complexity index is 679. The van der Waals surface area contributed by atoms with E-state index in [1.165, 1.54) is 12.1 Å². The first-order chi connectivity index (χ1) is 10.0. The Kier molecular flexibility index (Phi) is 5.09. The molecule has 0 saturated carbocycles. The van der Waals surface area contributed by atoms with Crippen molar-refractivity contribution in [2.45, 2.75) is 11.8 Å². The van der Waals surface area contributed by atoms with E-state index in [2.05, 4.69) is 0 Å². The zero-order valence-corrected chi connectivity index (χ0v) is 12.9. The SMILES string of the molecule is CCSc1cccc(Oc2ccc(Cl)c(F)c2)c1C(=N)N. The maximum absolute atomic E-state index is 13.5. The predicted octanol–water partition coefficient (Wildman–Crippen LogP) is 4.67. The molecule has 110 valence electrons. The highest BCUT2D eigenvalue weighted by Gasteiger charge is 2.14. The fourth-order valence-corrected chi connectivity index (χ4v) is 2.76. The molecule has 0 fully saturated rings. The highest BCUT2D eigenvalue weighted by molar-refractivity contribution is 7.99. The van der Waals surface area contributed by atoms with Crippen LogP contribution in [-0.2, 0) is 0 Å². The summed E-state index contributed by atoms with van der Waals surface area (Å²) >= 11 is 7.21. The number of nitrogen functional groups attached to an aromatic ring is 1. The number of hydrogen-bond acceptors (Lipinski definition) is 3. The third kappa shape index (κ3) is 3.68. The van der Waals surface area contributed by atoms with Gasteiger partial charge in [-0.3, -0.25) is 5.41 Å². The first-order valence-corrected chi connectivity index (χ1v) is 7.62. The van der Waals surface area contributed by atoms with Crippen molar-refractivity contribution in [2.24, 2.45) is 5.73 Å². The van der Waals surface area contributed by atoms with E-state index in [4.69, 9.17) is 27.5 Å². The number of thioether (sulfide) groups is 1. The maximum Gasteiger partial charge on any atom is 0.145 e. The van der Waals surface area contributed by atoms with Gasteiger partial charge in [0, 0.05) is 11.0 Å². The van der Waals surface area contributed by atoms with Crippen molar-refractivity contribution in [3.63, 3.8) is 0 Å². The van der Waals surface area contributed by atoms with Crippen molar-refractivity contribution in [3.05, 3.63) is 52.8 Å². The lowest BCUT2D eigenvalue weighted by Crippen LogP contribution is -2.13. The molecule has 21 heavy (non-hydrogen) atoms. The third-order valence-electron chi connectivity index (χ3n) is 2.68. The summed E-state index contributed by atoms with van der Waals surface area (Å²) in [5.74, 6) is 0.925. The van der Waals surface area contributed by atoms with Crippen LogP contribution in [-0.4, -0.2) is 11.6 Å². The minimum absolute atomic E-state index is 0.0319. The van der Waals surface area contributed by atoms with E-state index in [0.717, 1.165) is 10.6 Å². The molecule has 2 rings (SSSR count). The van der Waals surface area contributed by atoms with E-state index in [1.54, 1.807) is 23.9 Å². The van der Waals surface area contributed by atoms with Crippen LogP contribution in [0.5, 0.6) is 11.5 Å². The van der Waals surface area contributed by atoms with Crippen molar-refractivity contribution < 1.29 is 9.13 Å². The Balaban J connectivity index is 2.41. The fraction of sp³-hybridized carbons (Fsp3) is 0.133. The zero-order chi connectivity index (χ0) is 15.4. The molecule has 3 N–H and O–H groups in total. The van der Waals surface area contributed by atoms with Crippen LogP contribution in [0.4, 0.5) is 4.39 Å². The highest BCUT2D eigenvalue weighted by Crippen LogP contribution is 2.33. The molecule has 2 aromatic rings. The smallest absolute Gasteiger partial charge is 0.145 e. The topological polar surface area (TPSA) is 59.1 Å². The van der Waals surface area contributed by atoms with Crippen molar-refractivity contribution in [2.75, 3.05) is 5.75 Å². The van der Waals surface area contributed by atoms with Gasteiger partial charge in [-0.1, -0.05) is 24.6 Å².